The number of benzene rings is 1. The van der Waals surface area contributed by atoms with Crippen LogP contribution in [0.3, 0.4) is 0 Å². The van der Waals surface area contributed by atoms with E-state index in [1.54, 1.807) is 11.3 Å². The SMILES string of the molecule is CC(C)(C)OC(=O)NCc1ccccc1NCc1cscn1. The van der Waals surface area contributed by atoms with Gasteiger partial charge in [0.1, 0.15) is 5.60 Å². The molecule has 2 rings (SSSR count). The van der Waals surface area contributed by atoms with Crippen LogP contribution in [0.4, 0.5) is 10.5 Å². The van der Waals surface area contributed by atoms with Crippen molar-refractivity contribution in [3.8, 4) is 0 Å². The maximum atomic E-state index is 11.7. The second-order valence-electron chi connectivity index (χ2n) is 5.85. The lowest BCUT2D eigenvalue weighted by atomic mass is 10.1. The first kappa shape index (κ1) is 16.3. The highest BCUT2D eigenvalue weighted by Crippen LogP contribution is 2.16. The zero-order valence-electron chi connectivity index (χ0n) is 13.1. The molecular weight excluding hydrogens is 298 g/mol. The fraction of sp³-hybridized carbons (Fsp3) is 0.375. The summed E-state index contributed by atoms with van der Waals surface area (Å²) in [6.45, 7) is 6.60. The fourth-order valence-electron chi connectivity index (χ4n) is 1.84. The van der Waals surface area contributed by atoms with Crippen LogP contribution in [0.2, 0.25) is 0 Å². The Balaban J connectivity index is 1.92. The molecule has 0 radical (unpaired) electrons. The number of carbonyl (C=O) groups is 1. The number of aromatic nitrogens is 1. The van der Waals surface area contributed by atoms with Crippen LogP contribution in [0.15, 0.2) is 35.2 Å². The maximum Gasteiger partial charge on any atom is 0.407 e. The molecule has 0 saturated carbocycles. The van der Waals surface area contributed by atoms with Crippen molar-refractivity contribution in [3.63, 3.8) is 0 Å². The summed E-state index contributed by atoms with van der Waals surface area (Å²) in [7, 11) is 0. The normalized spacial score (nSPS) is 11.0. The molecule has 6 heteroatoms. The average Bonchev–Trinajstić information content (AvgIpc) is 2.95. The van der Waals surface area contributed by atoms with Crippen molar-refractivity contribution in [1.29, 1.82) is 0 Å². The molecule has 0 unspecified atom stereocenters. The maximum absolute atomic E-state index is 11.7. The van der Waals surface area contributed by atoms with Gasteiger partial charge in [0.05, 0.1) is 17.7 Å². The van der Waals surface area contributed by atoms with Crippen LogP contribution in [0.5, 0.6) is 0 Å². The van der Waals surface area contributed by atoms with E-state index in [9.17, 15) is 4.79 Å². The number of thiazole rings is 1. The summed E-state index contributed by atoms with van der Waals surface area (Å²) >= 11 is 1.57. The zero-order chi connectivity index (χ0) is 16.0. The molecule has 0 aliphatic heterocycles. The molecule has 5 nitrogen and oxygen atoms in total. The van der Waals surface area contributed by atoms with Gasteiger partial charge < -0.3 is 15.4 Å². The van der Waals surface area contributed by atoms with Crippen molar-refractivity contribution >= 4 is 23.1 Å². The van der Waals surface area contributed by atoms with E-state index in [4.69, 9.17) is 4.74 Å². The number of carbonyl (C=O) groups excluding carboxylic acids is 1. The van der Waals surface area contributed by atoms with Gasteiger partial charge in [-0.2, -0.15) is 0 Å². The van der Waals surface area contributed by atoms with Crippen molar-refractivity contribution in [1.82, 2.24) is 10.3 Å². The molecule has 0 atom stereocenters. The van der Waals surface area contributed by atoms with E-state index < -0.39 is 11.7 Å². The van der Waals surface area contributed by atoms with Gasteiger partial charge in [-0.3, -0.25) is 0 Å². The highest BCUT2D eigenvalue weighted by molar-refractivity contribution is 7.07. The van der Waals surface area contributed by atoms with Gasteiger partial charge in [-0.25, -0.2) is 9.78 Å². The lowest BCUT2D eigenvalue weighted by Crippen LogP contribution is -2.32. The summed E-state index contributed by atoms with van der Waals surface area (Å²) < 4.78 is 5.24. The smallest absolute Gasteiger partial charge is 0.407 e. The van der Waals surface area contributed by atoms with Crippen LogP contribution < -0.4 is 10.6 Å². The standard InChI is InChI=1S/C16H21N3O2S/c1-16(2,3)21-15(20)18-8-12-6-4-5-7-14(12)17-9-13-10-22-11-19-13/h4-7,10-11,17H,8-9H2,1-3H3,(H,18,20). The number of amides is 1. The third-order valence-corrected chi connectivity index (χ3v) is 3.42. The van der Waals surface area contributed by atoms with Crippen LogP contribution in [-0.4, -0.2) is 16.7 Å². The molecule has 0 bridgehead atoms. The molecule has 1 aromatic heterocycles. The highest BCUT2D eigenvalue weighted by atomic mass is 32.1. The Bertz CT molecular complexity index is 606. The third-order valence-electron chi connectivity index (χ3n) is 2.78. The Morgan fingerprint density at radius 1 is 1.27 bits per heavy atom. The lowest BCUT2D eigenvalue weighted by Gasteiger charge is -2.20. The van der Waals surface area contributed by atoms with Gasteiger partial charge in [0.15, 0.2) is 0 Å². The molecule has 1 heterocycles. The lowest BCUT2D eigenvalue weighted by molar-refractivity contribution is 0.0523. The van der Waals surface area contributed by atoms with E-state index in [1.165, 1.54) is 0 Å². The number of ether oxygens (including phenoxy) is 1. The minimum absolute atomic E-state index is 0.412. The monoisotopic (exact) mass is 319 g/mol. The van der Waals surface area contributed by atoms with Crippen molar-refractivity contribution in [2.75, 3.05) is 5.32 Å². The molecule has 0 aliphatic rings. The Morgan fingerprint density at radius 2 is 2.05 bits per heavy atom. The van der Waals surface area contributed by atoms with Crippen LogP contribution in [0.1, 0.15) is 32.0 Å². The molecule has 2 N–H and O–H groups in total. The minimum Gasteiger partial charge on any atom is -0.444 e. The predicted octanol–water partition coefficient (Wildman–Crippen LogP) is 3.78. The molecule has 118 valence electrons. The summed E-state index contributed by atoms with van der Waals surface area (Å²) in [6, 6.07) is 7.86. The summed E-state index contributed by atoms with van der Waals surface area (Å²) in [6.07, 6.45) is -0.415. The summed E-state index contributed by atoms with van der Waals surface area (Å²) in [5.41, 5.74) is 4.30. The average molecular weight is 319 g/mol. The van der Waals surface area contributed by atoms with E-state index in [0.717, 1.165) is 16.9 Å². The largest absolute Gasteiger partial charge is 0.444 e. The van der Waals surface area contributed by atoms with Crippen molar-refractivity contribution in [3.05, 3.63) is 46.4 Å². The number of alkyl carbamates (subject to hydrolysis) is 1. The van der Waals surface area contributed by atoms with Crippen molar-refractivity contribution < 1.29 is 9.53 Å². The fourth-order valence-corrected chi connectivity index (χ4v) is 2.40. The third kappa shape index (κ3) is 5.37. The first-order valence-electron chi connectivity index (χ1n) is 7.10. The van der Waals surface area contributed by atoms with Crippen LogP contribution >= 0.6 is 11.3 Å². The number of para-hydroxylation sites is 1. The Morgan fingerprint density at radius 3 is 2.73 bits per heavy atom. The predicted molar refractivity (Wildman–Crippen MR) is 89.0 cm³/mol. The number of rotatable bonds is 5. The molecule has 1 amide bonds. The molecule has 0 saturated heterocycles. The first-order valence-corrected chi connectivity index (χ1v) is 8.04. The van der Waals surface area contributed by atoms with E-state index in [-0.39, 0.29) is 0 Å². The van der Waals surface area contributed by atoms with Gasteiger partial charge in [-0.15, -0.1) is 11.3 Å². The number of anilines is 1. The van der Waals surface area contributed by atoms with Crippen molar-refractivity contribution in [2.24, 2.45) is 0 Å². The molecular formula is C16H21N3O2S. The van der Waals surface area contributed by atoms with Gasteiger partial charge in [0, 0.05) is 17.6 Å². The molecule has 0 aliphatic carbocycles. The molecule has 2 aromatic rings. The van der Waals surface area contributed by atoms with E-state index >= 15 is 0 Å². The molecule has 0 fully saturated rings. The molecule has 22 heavy (non-hydrogen) atoms. The topological polar surface area (TPSA) is 63.2 Å². The van der Waals surface area contributed by atoms with Gasteiger partial charge >= 0.3 is 6.09 Å². The van der Waals surface area contributed by atoms with Crippen LogP contribution in [0.25, 0.3) is 0 Å². The van der Waals surface area contributed by atoms with E-state index in [1.807, 2.05) is 55.9 Å². The molecule has 0 spiro atoms. The zero-order valence-corrected chi connectivity index (χ0v) is 13.9. The summed E-state index contributed by atoms with van der Waals surface area (Å²) in [5, 5.41) is 8.12. The summed E-state index contributed by atoms with van der Waals surface area (Å²) in [4.78, 5) is 16.0. The Hall–Kier alpha value is -2.08. The van der Waals surface area contributed by atoms with Gasteiger partial charge in [0.2, 0.25) is 0 Å². The molecule has 1 aromatic carbocycles. The number of hydrogen-bond donors (Lipinski definition) is 2. The number of nitrogens with zero attached hydrogens (tertiary/aromatic N) is 1. The second kappa shape index (κ2) is 7.26. The van der Waals surface area contributed by atoms with E-state index in [0.29, 0.717) is 13.1 Å². The van der Waals surface area contributed by atoms with Gasteiger partial charge in [-0.1, -0.05) is 18.2 Å². The van der Waals surface area contributed by atoms with Gasteiger partial charge in [0.25, 0.3) is 0 Å². The first-order chi connectivity index (χ1) is 10.4. The summed E-state index contributed by atoms with van der Waals surface area (Å²) in [5.74, 6) is 0. The van der Waals surface area contributed by atoms with Crippen molar-refractivity contribution in [2.45, 2.75) is 39.5 Å². The van der Waals surface area contributed by atoms with Crippen LogP contribution in [-0.2, 0) is 17.8 Å². The Kier molecular flexibility index (Phi) is 5.38. The van der Waals surface area contributed by atoms with E-state index in [2.05, 4.69) is 15.6 Å². The Labute approximate surface area is 134 Å². The second-order valence-corrected chi connectivity index (χ2v) is 6.56. The highest BCUT2D eigenvalue weighted by Gasteiger charge is 2.16. The quantitative estimate of drug-likeness (QED) is 0.880. The minimum atomic E-state index is -0.494. The van der Waals surface area contributed by atoms with Gasteiger partial charge in [-0.05, 0) is 32.4 Å². The number of nitrogens with one attached hydrogen (secondary N) is 2. The van der Waals surface area contributed by atoms with Crippen LogP contribution in [0, 0.1) is 0 Å². The number of hydrogen-bond acceptors (Lipinski definition) is 5.